The number of hydrogen-bond donors (Lipinski definition) is 0. The van der Waals surface area contributed by atoms with Crippen LogP contribution in [0.15, 0.2) is 24.3 Å². The Morgan fingerprint density at radius 2 is 1.71 bits per heavy atom. The second-order valence-corrected chi connectivity index (χ2v) is 3.97. The molecule has 0 nitrogen and oxygen atoms in total. The Kier molecular flexibility index (Phi) is 2.03. The van der Waals surface area contributed by atoms with Crippen molar-refractivity contribution in [2.24, 2.45) is 0 Å². The molecule has 1 aromatic carbocycles. The minimum Gasteiger partial charge on any atom is -0.170 e. The lowest BCUT2D eigenvalue weighted by Gasteiger charge is -2.20. The fourth-order valence-electron chi connectivity index (χ4n) is 1.68. The van der Waals surface area contributed by atoms with Crippen molar-refractivity contribution < 1.29 is 13.2 Å². The molecule has 2 rings (SSSR count). The van der Waals surface area contributed by atoms with Crippen LogP contribution in [0, 0.1) is 0 Å². The molecule has 0 amide bonds. The van der Waals surface area contributed by atoms with E-state index in [-0.39, 0.29) is 23.4 Å². The fraction of sp³-hybridized carbons (Fsp3) is 0.400. The predicted octanol–water partition coefficient (Wildman–Crippen LogP) is 3.93. The predicted molar refractivity (Wildman–Crippen MR) is 48.4 cm³/mol. The Labute approximate surface area is 84.7 Å². The van der Waals surface area contributed by atoms with Crippen molar-refractivity contribution in [2.75, 3.05) is 0 Å². The first-order valence-corrected chi connectivity index (χ1v) is 4.67. The van der Waals surface area contributed by atoms with Gasteiger partial charge in [0.1, 0.15) is 0 Å². The Bertz CT molecular complexity index is 353. The zero-order chi connectivity index (χ0) is 10.4. The van der Waals surface area contributed by atoms with Gasteiger partial charge in [-0.25, -0.2) is 0 Å². The number of alkyl halides is 3. The summed E-state index contributed by atoms with van der Waals surface area (Å²) in [5, 5.41) is 0.210. The molecule has 0 saturated heterocycles. The van der Waals surface area contributed by atoms with Gasteiger partial charge >= 0.3 is 6.18 Å². The molecular weight excluding hydrogens is 213 g/mol. The average molecular weight is 221 g/mol. The molecule has 0 heterocycles. The van der Waals surface area contributed by atoms with Crippen LogP contribution < -0.4 is 0 Å². The maximum atomic E-state index is 12.7. The number of halogens is 4. The molecule has 0 spiro atoms. The van der Waals surface area contributed by atoms with E-state index in [9.17, 15) is 13.2 Å². The van der Waals surface area contributed by atoms with E-state index in [1.165, 1.54) is 12.1 Å². The molecule has 0 aliphatic heterocycles. The van der Waals surface area contributed by atoms with Gasteiger partial charge in [-0.05, 0) is 24.5 Å². The highest BCUT2D eigenvalue weighted by atomic mass is 35.5. The van der Waals surface area contributed by atoms with Gasteiger partial charge in [0, 0.05) is 5.02 Å². The van der Waals surface area contributed by atoms with Gasteiger partial charge < -0.3 is 0 Å². The third-order valence-corrected chi connectivity index (χ3v) is 3.01. The first kappa shape index (κ1) is 9.84. The maximum Gasteiger partial charge on any atom is 0.398 e. The summed E-state index contributed by atoms with van der Waals surface area (Å²) in [5.74, 6) is 0. The van der Waals surface area contributed by atoms with Crippen LogP contribution in [0.5, 0.6) is 0 Å². The lowest BCUT2D eigenvalue weighted by Crippen LogP contribution is -2.28. The largest absolute Gasteiger partial charge is 0.398 e. The van der Waals surface area contributed by atoms with Crippen molar-refractivity contribution in [3.05, 3.63) is 34.9 Å². The fourth-order valence-corrected chi connectivity index (χ4v) is 2.00. The summed E-state index contributed by atoms with van der Waals surface area (Å²) >= 11 is 5.75. The molecule has 4 heteroatoms. The summed E-state index contributed by atoms with van der Waals surface area (Å²) in [7, 11) is 0. The van der Waals surface area contributed by atoms with E-state index in [0.29, 0.717) is 0 Å². The molecule has 0 unspecified atom stereocenters. The van der Waals surface area contributed by atoms with Crippen LogP contribution in [0.3, 0.4) is 0 Å². The van der Waals surface area contributed by atoms with Crippen molar-refractivity contribution in [3.8, 4) is 0 Å². The van der Waals surface area contributed by atoms with Crippen molar-refractivity contribution in [2.45, 2.75) is 24.4 Å². The topological polar surface area (TPSA) is 0 Å². The molecule has 1 aliphatic carbocycles. The molecule has 76 valence electrons. The van der Waals surface area contributed by atoms with Crippen LogP contribution in [-0.4, -0.2) is 6.18 Å². The van der Waals surface area contributed by atoms with Crippen LogP contribution in [-0.2, 0) is 5.41 Å². The molecule has 14 heavy (non-hydrogen) atoms. The highest BCUT2D eigenvalue weighted by Crippen LogP contribution is 2.60. The van der Waals surface area contributed by atoms with E-state index in [1.54, 1.807) is 12.1 Å². The van der Waals surface area contributed by atoms with Gasteiger partial charge in [0.2, 0.25) is 0 Å². The number of hydrogen-bond acceptors (Lipinski definition) is 0. The number of rotatable bonds is 1. The van der Waals surface area contributed by atoms with Gasteiger partial charge in [0.15, 0.2) is 0 Å². The van der Waals surface area contributed by atoms with E-state index in [2.05, 4.69) is 0 Å². The molecule has 0 N–H and O–H groups in total. The monoisotopic (exact) mass is 220 g/mol. The van der Waals surface area contributed by atoms with E-state index in [0.717, 1.165) is 0 Å². The Morgan fingerprint density at radius 3 is 2.14 bits per heavy atom. The summed E-state index contributed by atoms with van der Waals surface area (Å²) in [6, 6.07) is 6.19. The Hall–Kier alpha value is -0.700. The highest BCUT2D eigenvalue weighted by Gasteiger charge is 2.64. The molecule has 0 radical (unpaired) electrons. The molecule has 1 fully saturated rings. The van der Waals surface area contributed by atoms with Crippen LogP contribution in [0.2, 0.25) is 5.02 Å². The molecule has 0 atom stereocenters. The van der Waals surface area contributed by atoms with Crippen LogP contribution in [0.1, 0.15) is 18.4 Å². The Balaban J connectivity index is 2.46. The lowest BCUT2D eigenvalue weighted by molar-refractivity contribution is -0.160. The van der Waals surface area contributed by atoms with E-state index >= 15 is 0 Å². The molecule has 0 bridgehead atoms. The van der Waals surface area contributed by atoms with Gasteiger partial charge in [-0.1, -0.05) is 29.8 Å². The van der Waals surface area contributed by atoms with Crippen molar-refractivity contribution in [3.63, 3.8) is 0 Å². The number of benzene rings is 1. The van der Waals surface area contributed by atoms with Crippen LogP contribution in [0.25, 0.3) is 0 Å². The standard InChI is InChI=1S/C10H8ClF3/c11-8-4-2-1-3-7(8)9(5-6-9)10(12,13)14/h1-4H,5-6H2. The van der Waals surface area contributed by atoms with E-state index in [4.69, 9.17) is 11.6 Å². The summed E-state index contributed by atoms with van der Waals surface area (Å²) in [6.45, 7) is 0. The van der Waals surface area contributed by atoms with Crippen LogP contribution >= 0.6 is 11.6 Å². The quantitative estimate of drug-likeness (QED) is 0.673. The second-order valence-electron chi connectivity index (χ2n) is 3.56. The maximum absolute atomic E-state index is 12.7. The first-order valence-electron chi connectivity index (χ1n) is 4.29. The average Bonchev–Trinajstić information content (AvgIpc) is 2.84. The molecular formula is C10H8ClF3. The summed E-state index contributed by atoms with van der Waals surface area (Å²) in [4.78, 5) is 0. The SMILES string of the molecule is FC(F)(F)C1(c2ccccc2Cl)CC1. The van der Waals surface area contributed by atoms with Gasteiger partial charge in [-0.15, -0.1) is 0 Å². The lowest BCUT2D eigenvalue weighted by atomic mass is 9.95. The van der Waals surface area contributed by atoms with E-state index < -0.39 is 11.6 Å². The van der Waals surface area contributed by atoms with E-state index in [1.807, 2.05) is 0 Å². The Morgan fingerprint density at radius 1 is 1.14 bits per heavy atom. The molecule has 1 saturated carbocycles. The second kappa shape index (κ2) is 2.89. The van der Waals surface area contributed by atoms with Gasteiger partial charge in [0.25, 0.3) is 0 Å². The molecule has 1 aliphatic rings. The summed E-state index contributed by atoms with van der Waals surface area (Å²) < 4.78 is 38.1. The minimum atomic E-state index is -4.18. The van der Waals surface area contributed by atoms with Gasteiger partial charge in [-0.2, -0.15) is 13.2 Å². The summed E-state index contributed by atoms with van der Waals surface area (Å²) in [6.07, 6.45) is -3.88. The summed E-state index contributed by atoms with van der Waals surface area (Å²) in [5.41, 5.74) is -1.44. The zero-order valence-electron chi connectivity index (χ0n) is 7.24. The molecule has 0 aromatic heterocycles. The van der Waals surface area contributed by atoms with Gasteiger partial charge in [-0.3, -0.25) is 0 Å². The van der Waals surface area contributed by atoms with Crippen molar-refractivity contribution in [1.29, 1.82) is 0 Å². The zero-order valence-corrected chi connectivity index (χ0v) is 7.99. The third-order valence-electron chi connectivity index (χ3n) is 2.68. The smallest absolute Gasteiger partial charge is 0.170 e. The van der Waals surface area contributed by atoms with Gasteiger partial charge in [0.05, 0.1) is 5.41 Å². The normalized spacial score (nSPS) is 19.4. The third kappa shape index (κ3) is 1.31. The minimum absolute atomic E-state index is 0.153. The van der Waals surface area contributed by atoms with Crippen LogP contribution in [0.4, 0.5) is 13.2 Å². The van der Waals surface area contributed by atoms with Crippen molar-refractivity contribution in [1.82, 2.24) is 0 Å². The molecule has 1 aromatic rings. The van der Waals surface area contributed by atoms with Crippen molar-refractivity contribution >= 4 is 11.6 Å². The highest BCUT2D eigenvalue weighted by molar-refractivity contribution is 6.31. The first-order chi connectivity index (χ1) is 6.47.